The fourth-order valence-corrected chi connectivity index (χ4v) is 5.26. The number of likely N-dealkylation sites (tertiary alicyclic amines) is 1. The van der Waals surface area contributed by atoms with Crippen molar-refractivity contribution in [1.82, 2.24) is 4.90 Å². The molecule has 180 valence electrons. The topological polar surface area (TPSA) is 96.1 Å². The summed E-state index contributed by atoms with van der Waals surface area (Å²) in [5.74, 6) is -1.97. The van der Waals surface area contributed by atoms with Crippen molar-refractivity contribution in [3.8, 4) is 0 Å². The number of ether oxygens (including phenoxy) is 6. The molecule has 4 aliphatic rings. The molecule has 4 aliphatic heterocycles. The lowest BCUT2D eigenvalue weighted by Crippen LogP contribution is -2.73. The van der Waals surface area contributed by atoms with Gasteiger partial charge in [-0.3, -0.25) is 4.79 Å². The van der Waals surface area contributed by atoms with Gasteiger partial charge in [-0.2, -0.15) is 0 Å². The molecule has 0 aromatic heterocycles. The van der Waals surface area contributed by atoms with Crippen LogP contribution in [0.4, 0.5) is 0 Å². The molecule has 33 heavy (non-hydrogen) atoms. The highest BCUT2D eigenvalue weighted by molar-refractivity contribution is 5.91. The van der Waals surface area contributed by atoms with Crippen LogP contribution in [0, 0.1) is 0 Å². The highest BCUT2D eigenvalue weighted by atomic mass is 16.8. The van der Waals surface area contributed by atoms with Crippen LogP contribution in [-0.4, -0.2) is 85.0 Å². The second kappa shape index (κ2) is 8.11. The van der Waals surface area contributed by atoms with Crippen molar-refractivity contribution in [3.63, 3.8) is 0 Å². The Balaban J connectivity index is 1.39. The fourth-order valence-electron chi connectivity index (χ4n) is 5.26. The summed E-state index contributed by atoms with van der Waals surface area (Å²) >= 11 is 0. The van der Waals surface area contributed by atoms with Gasteiger partial charge < -0.3 is 38.1 Å². The first kappa shape index (κ1) is 22.9. The van der Waals surface area contributed by atoms with Crippen molar-refractivity contribution in [3.05, 3.63) is 35.9 Å². The van der Waals surface area contributed by atoms with Gasteiger partial charge in [0.2, 0.25) is 0 Å². The van der Waals surface area contributed by atoms with Crippen molar-refractivity contribution >= 4 is 12.2 Å². The molecular formula is C24H31NO8. The predicted octanol–water partition coefficient (Wildman–Crippen LogP) is 1.59. The summed E-state index contributed by atoms with van der Waals surface area (Å²) < 4.78 is 35.5. The largest absolute Gasteiger partial charge is 0.369 e. The van der Waals surface area contributed by atoms with E-state index in [0.717, 1.165) is 11.8 Å². The maximum Gasteiger partial charge on any atom is 0.255 e. The minimum Gasteiger partial charge on any atom is -0.369 e. The molecule has 0 aliphatic carbocycles. The number of carbonyl (C=O) groups is 2. The van der Waals surface area contributed by atoms with Crippen molar-refractivity contribution < 1.29 is 38.0 Å². The second-order valence-electron chi connectivity index (χ2n) is 9.88. The number of epoxide rings is 1. The molecule has 4 heterocycles. The van der Waals surface area contributed by atoms with Gasteiger partial charge >= 0.3 is 0 Å². The number of carbonyl (C=O) groups excluding carboxylic acids is 2. The van der Waals surface area contributed by atoms with Crippen LogP contribution in [0.25, 0.3) is 0 Å². The zero-order valence-electron chi connectivity index (χ0n) is 19.5. The average molecular weight is 462 g/mol. The zero-order valence-corrected chi connectivity index (χ0v) is 19.5. The van der Waals surface area contributed by atoms with E-state index >= 15 is 0 Å². The number of hydrogen-bond acceptors (Lipinski definition) is 8. The number of methoxy groups -OCH3 is 1. The minimum absolute atomic E-state index is 0.155. The smallest absolute Gasteiger partial charge is 0.255 e. The van der Waals surface area contributed by atoms with Crippen LogP contribution in [0.5, 0.6) is 0 Å². The lowest BCUT2D eigenvalue weighted by molar-refractivity contribution is -0.188. The van der Waals surface area contributed by atoms with Crippen molar-refractivity contribution in [1.29, 1.82) is 0 Å². The second-order valence-corrected chi connectivity index (χ2v) is 9.88. The molecule has 1 aromatic carbocycles. The van der Waals surface area contributed by atoms with Gasteiger partial charge in [-0.05, 0) is 33.3 Å². The van der Waals surface area contributed by atoms with Crippen LogP contribution in [0.2, 0.25) is 0 Å². The first-order chi connectivity index (χ1) is 15.7. The summed E-state index contributed by atoms with van der Waals surface area (Å²) in [7, 11) is 1.50. The van der Waals surface area contributed by atoms with Gasteiger partial charge in [-0.15, -0.1) is 0 Å². The van der Waals surface area contributed by atoms with E-state index in [2.05, 4.69) is 0 Å². The Labute approximate surface area is 193 Å². The normalized spacial score (nSPS) is 39.8. The van der Waals surface area contributed by atoms with E-state index in [0.29, 0.717) is 6.61 Å². The molecule has 1 aromatic rings. The summed E-state index contributed by atoms with van der Waals surface area (Å²) in [5.41, 5.74) is 1.03. The molecule has 0 spiro atoms. The lowest BCUT2D eigenvalue weighted by Gasteiger charge is -2.49. The average Bonchev–Trinajstić information content (AvgIpc) is 3.37. The summed E-state index contributed by atoms with van der Waals surface area (Å²) in [4.78, 5) is 27.0. The van der Waals surface area contributed by atoms with E-state index in [-0.39, 0.29) is 18.1 Å². The van der Waals surface area contributed by atoms with Gasteiger partial charge in [0.25, 0.3) is 5.91 Å². The highest BCUT2D eigenvalue weighted by Gasteiger charge is 2.65. The van der Waals surface area contributed by atoms with Crippen LogP contribution >= 0.6 is 0 Å². The molecule has 4 saturated heterocycles. The van der Waals surface area contributed by atoms with Crippen molar-refractivity contribution in [2.75, 3.05) is 13.7 Å². The molecule has 4 fully saturated rings. The lowest BCUT2D eigenvalue weighted by atomic mass is 9.87. The summed E-state index contributed by atoms with van der Waals surface area (Å²) in [6.07, 6.45) is -2.09. The van der Waals surface area contributed by atoms with Gasteiger partial charge in [-0.1, -0.05) is 30.3 Å². The van der Waals surface area contributed by atoms with Crippen LogP contribution in [-0.2, 0) is 38.0 Å². The molecule has 0 radical (unpaired) electrons. The van der Waals surface area contributed by atoms with Gasteiger partial charge in [0.15, 0.2) is 17.7 Å². The quantitative estimate of drug-likeness (QED) is 0.343. The maximum atomic E-state index is 13.1. The molecule has 9 nitrogen and oxygen atoms in total. The van der Waals surface area contributed by atoms with E-state index in [1.54, 1.807) is 13.8 Å². The Bertz CT molecular complexity index is 905. The molecule has 0 N–H and O–H groups in total. The number of hydrogen-bond donors (Lipinski definition) is 0. The number of β-lactam (4-membered cyclic amide) rings is 1. The number of rotatable bonds is 7. The van der Waals surface area contributed by atoms with Gasteiger partial charge in [-0.25, -0.2) is 0 Å². The first-order valence-corrected chi connectivity index (χ1v) is 11.3. The van der Waals surface area contributed by atoms with Gasteiger partial charge in [0, 0.05) is 7.11 Å². The molecular weight excluding hydrogens is 430 g/mol. The van der Waals surface area contributed by atoms with Crippen LogP contribution < -0.4 is 0 Å². The van der Waals surface area contributed by atoms with Crippen molar-refractivity contribution in [2.45, 2.75) is 88.0 Å². The SMILES string of the molecule is CO[C@H]1C(=O)N([C@@H](C=O)[C@H]2OC(C)(C)O[C@@H]2[C@H]2COC(C)(C)O2)[C@H]1[C@H]1O[C@H]1c1ccccc1. The van der Waals surface area contributed by atoms with Crippen LogP contribution in [0.1, 0.15) is 39.4 Å². The molecule has 0 unspecified atom stereocenters. The summed E-state index contributed by atoms with van der Waals surface area (Å²) in [6.45, 7) is 7.52. The third-order valence-corrected chi connectivity index (χ3v) is 6.73. The Kier molecular flexibility index (Phi) is 5.63. The van der Waals surface area contributed by atoms with Crippen LogP contribution in [0.3, 0.4) is 0 Å². The van der Waals surface area contributed by atoms with Crippen molar-refractivity contribution in [2.24, 2.45) is 0 Å². The van der Waals surface area contributed by atoms with E-state index in [9.17, 15) is 9.59 Å². The third kappa shape index (κ3) is 4.00. The van der Waals surface area contributed by atoms with E-state index in [1.807, 2.05) is 44.2 Å². The number of benzene rings is 1. The Morgan fingerprint density at radius 2 is 1.79 bits per heavy atom. The molecule has 0 saturated carbocycles. The van der Waals surface area contributed by atoms with E-state index in [4.69, 9.17) is 28.4 Å². The first-order valence-electron chi connectivity index (χ1n) is 11.3. The zero-order chi connectivity index (χ0) is 23.5. The van der Waals surface area contributed by atoms with Gasteiger partial charge in [0.1, 0.15) is 42.8 Å². The number of amides is 1. The molecule has 1 amide bonds. The third-order valence-electron chi connectivity index (χ3n) is 6.73. The molecule has 9 heteroatoms. The minimum atomic E-state index is -0.945. The predicted molar refractivity (Wildman–Crippen MR) is 114 cm³/mol. The van der Waals surface area contributed by atoms with Crippen LogP contribution in [0.15, 0.2) is 30.3 Å². The Morgan fingerprint density at radius 1 is 1.06 bits per heavy atom. The highest BCUT2D eigenvalue weighted by Crippen LogP contribution is 2.48. The molecule has 5 rings (SSSR count). The number of nitrogens with zero attached hydrogens (tertiary/aromatic N) is 1. The molecule has 0 bridgehead atoms. The molecule has 8 atom stereocenters. The Morgan fingerprint density at radius 3 is 2.39 bits per heavy atom. The van der Waals surface area contributed by atoms with E-state index < -0.39 is 48.1 Å². The van der Waals surface area contributed by atoms with E-state index in [1.165, 1.54) is 12.0 Å². The Hall–Kier alpha value is -1.88. The maximum absolute atomic E-state index is 13.1. The fraction of sp³-hybridized carbons (Fsp3) is 0.667. The standard InChI is InChI=1S/C24H31NO8/c1-23(2)29-12-15(31-23)19-18(32-24(3,4)33-19)14(11-26)25-16(21(28-5)22(25)27)20-17(30-20)13-9-7-6-8-10-13/h6-11,14-21H,12H2,1-5H3/t14-,15+,16-,17-,18+,19+,20+,21+/m0/s1. The monoisotopic (exact) mass is 461 g/mol. The summed E-state index contributed by atoms with van der Waals surface area (Å²) in [6, 6.07) is 8.51. The number of aldehydes is 1. The van der Waals surface area contributed by atoms with Gasteiger partial charge in [0.05, 0.1) is 12.6 Å². The summed E-state index contributed by atoms with van der Waals surface area (Å²) in [5, 5.41) is 0.